The molecule has 2 aromatic heterocycles. The van der Waals surface area contributed by atoms with E-state index < -0.39 is 0 Å². The zero-order chi connectivity index (χ0) is 14.5. The summed E-state index contributed by atoms with van der Waals surface area (Å²) < 4.78 is 2.24. The molecule has 0 aliphatic heterocycles. The molecule has 0 fully saturated rings. The normalized spacial score (nSPS) is 10.3. The number of hydrogen-bond donors (Lipinski definition) is 2. The van der Waals surface area contributed by atoms with Crippen molar-refractivity contribution in [1.82, 2.24) is 20.1 Å². The highest BCUT2D eigenvalue weighted by Crippen LogP contribution is 2.18. The number of aromatic nitrogens is 3. The van der Waals surface area contributed by atoms with Gasteiger partial charge in [0.1, 0.15) is 0 Å². The molecule has 6 nitrogen and oxygen atoms in total. The van der Waals surface area contributed by atoms with Crippen LogP contribution in [0.25, 0.3) is 0 Å². The average molecular weight is 338 g/mol. The number of anilines is 1. The largest absolute Gasteiger partial charge is 0.338 e. The van der Waals surface area contributed by atoms with E-state index in [-0.39, 0.29) is 6.03 Å². The van der Waals surface area contributed by atoms with Gasteiger partial charge >= 0.3 is 6.03 Å². The van der Waals surface area contributed by atoms with Gasteiger partial charge in [-0.1, -0.05) is 0 Å². The molecule has 0 saturated heterocycles. The summed E-state index contributed by atoms with van der Waals surface area (Å²) in [5.74, 6) is 0. The van der Waals surface area contributed by atoms with E-state index >= 15 is 0 Å². The van der Waals surface area contributed by atoms with E-state index in [1.165, 1.54) is 5.56 Å². The van der Waals surface area contributed by atoms with Crippen molar-refractivity contribution in [2.75, 3.05) is 11.9 Å². The first-order chi connectivity index (χ1) is 9.56. The maximum absolute atomic E-state index is 11.8. The summed E-state index contributed by atoms with van der Waals surface area (Å²) in [6, 6.07) is 1.72. The number of amides is 2. The zero-order valence-electron chi connectivity index (χ0n) is 11.4. The van der Waals surface area contributed by atoms with Gasteiger partial charge in [-0.15, -0.1) is 0 Å². The van der Waals surface area contributed by atoms with Crippen LogP contribution in [0.3, 0.4) is 0 Å². The lowest BCUT2D eigenvalue weighted by atomic mass is 10.1. The van der Waals surface area contributed by atoms with E-state index in [0.717, 1.165) is 12.0 Å². The topological polar surface area (TPSA) is 71.8 Å². The van der Waals surface area contributed by atoms with Crippen LogP contribution in [0.4, 0.5) is 10.5 Å². The number of pyridine rings is 1. The Morgan fingerprint density at radius 1 is 1.50 bits per heavy atom. The summed E-state index contributed by atoms with van der Waals surface area (Å²) >= 11 is 3.28. The summed E-state index contributed by atoms with van der Waals surface area (Å²) in [7, 11) is 1.79. The number of urea groups is 1. The summed E-state index contributed by atoms with van der Waals surface area (Å²) in [4.78, 5) is 15.8. The van der Waals surface area contributed by atoms with Gasteiger partial charge in [0.15, 0.2) is 4.60 Å². The lowest BCUT2D eigenvalue weighted by Crippen LogP contribution is -2.30. The van der Waals surface area contributed by atoms with E-state index in [2.05, 4.69) is 36.6 Å². The van der Waals surface area contributed by atoms with Crippen molar-refractivity contribution >= 4 is 27.6 Å². The standard InChI is InChI=1S/C13H16BrN5O/c1-9-7-15-5-3-10(9)4-6-16-13(20)17-11-8-19(2)18-12(11)14/h3,5,7-8H,4,6H2,1-2H3,(H2,16,17,20). The van der Waals surface area contributed by atoms with E-state index in [9.17, 15) is 4.79 Å². The van der Waals surface area contributed by atoms with Gasteiger partial charge in [-0.3, -0.25) is 9.67 Å². The molecular formula is C13H16BrN5O. The number of carbonyl (C=O) groups excluding carboxylic acids is 1. The van der Waals surface area contributed by atoms with E-state index in [0.29, 0.717) is 16.8 Å². The van der Waals surface area contributed by atoms with Crippen LogP contribution in [-0.4, -0.2) is 27.3 Å². The number of hydrogen-bond acceptors (Lipinski definition) is 3. The Morgan fingerprint density at radius 3 is 2.95 bits per heavy atom. The number of nitrogens with zero attached hydrogens (tertiary/aromatic N) is 3. The minimum Gasteiger partial charge on any atom is -0.338 e. The predicted molar refractivity (Wildman–Crippen MR) is 80.6 cm³/mol. The summed E-state index contributed by atoms with van der Waals surface area (Å²) in [6.45, 7) is 2.57. The monoisotopic (exact) mass is 337 g/mol. The molecule has 2 amide bonds. The van der Waals surface area contributed by atoms with Crippen molar-refractivity contribution in [1.29, 1.82) is 0 Å². The van der Waals surface area contributed by atoms with Crippen molar-refractivity contribution in [2.45, 2.75) is 13.3 Å². The van der Waals surface area contributed by atoms with Crippen molar-refractivity contribution < 1.29 is 4.79 Å². The minimum absolute atomic E-state index is 0.245. The van der Waals surface area contributed by atoms with Gasteiger partial charge in [0.25, 0.3) is 0 Å². The molecule has 2 aromatic rings. The molecule has 2 heterocycles. The van der Waals surface area contributed by atoms with Crippen molar-refractivity contribution in [3.05, 3.63) is 40.4 Å². The number of halogens is 1. The molecule has 2 N–H and O–H groups in total. The fourth-order valence-electron chi connectivity index (χ4n) is 1.81. The zero-order valence-corrected chi connectivity index (χ0v) is 12.9. The number of rotatable bonds is 4. The first-order valence-electron chi connectivity index (χ1n) is 6.19. The van der Waals surface area contributed by atoms with E-state index in [4.69, 9.17) is 0 Å². The predicted octanol–water partition coefficient (Wildman–Crippen LogP) is 2.25. The van der Waals surface area contributed by atoms with E-state index in [1.54, 1.807) is 24.1 Å². The van der Waals surface area contributed by atoms with Crippen LogP contribution in [0, 0.1) is 6.92 Å². The quantitative estimate of drug-likeness (QED) is 0.898. The average Bonchev–Trinajstić information content (AvgIpc) is 2.70. The van der Waals surface area contributed by atoms with Gasteiger partial charge in [-0.2, -0.15) is 5.10 Å². The molecule has 2 rings (SSSR count). The van der Waals surface area contributed by atoms with Crippen molar-refractivity contribution in [2.24, 2.45) is 7.05 Å². The molecule has 0 atom stereocenters. The maximum Gasteiger partial charge on any atom is 0.319 e. The maximum atomic E-state index is 11.8. The number of carbonyl (C=O) groups is 1. The fraction of sp³-hybridized carbons (Fsp3) is 0.308. The fourth-order valence-corrected chi connectivity index (χ4v) is 2.26. The van der Waals surface area contributed by atoms with Crippen molar-refractivity contribution in [3.63, 3.8) is 0 Å². The van der Waals surface area contributed by atoms with Crippen molar-refractivity contribution in [3.8, 4) is 0 Å². The van der Waals surface area contributed by atoms with Crippen LogP contribution in [-0.2, 0) is 13.5 Å². The van der Waals surface area contributed by atoms with E-state index in [1.807, 2.05) is 19.2 Å². The summed E-state index contributed by atoms with van der Waals surface area (Å²) in [5.41, 5.74) is 2.96. The Kier molecular flexibility index (Phi) is 4.73. The van der Waals surface area contributed by atoms with Gasteiger partial charge in [-0.25, -0.2) is 4.79 Å². The second kappa shape index (κ2) is 6.51. The highest BCUT2D eigenvalue weighted by atomic mass is 79.9. The second-order valence-electron chi connectivity index (χ2n) is 4.44. The Hall–Kier alpha value is -1.89. The third-order valence-electron chi connectivity index (χ3n) is 2.85. The molecule has 0 aliphatic carbocycles. The highest BCUT2D eigenvalue weighted by Gasteiger charge is 2.08. The molecule has 0 bridgehead atoms. The third kappa shape index (κ3) is 3.80. The summed E-state index contributed by atoms with van der Waals surface area (Å²) in [5, 5.41) is 9.64. The Balaban J connectivity index is 1.81. The number of nitrogens with one attached hydrogen (secondary N) is 2. The highest BCUT2D eigenvalue weighted by molar-refractivity contribution is 9.10. The van der Waals surface area contributed by atoms with Gasteiger partial charge in [0, 0.05) is 32.2 Å². The SMILES string of the molecule is Cc1cnccc1CCNC(=O)Nc1cn(C)nc1Br. The molecule has 0 radical (unpaired) electrons. The Morgan fingerprint density at radius 2 is 2.30 bits per heavy atom. The number of aryl methyl sites for hydroxylation is 2. The first kappa shape index (κ1) is 14.5. The Labute approximate surface area is 125 Å². The Bertz CT molecular complexity index is 611. The van der Waals surface area contributed by atoms with Gasteiger partial charge in [0.2, 0.25) is 0 Å². The molecule has 0 saturated carbocycles. The van der Waals surface area contributed by atoms with Gasteiger partial charge in [0.05, 0.1) is 5.69 Å². The third-order valence-corrected chi connectivity index (χ3v) is 3.43. The molecule has 0 aliphatic rings. The molecule has 7 heteroatoms. The van der Waals surface area contributed by atoms with Gasteiger partial charge in [-0.05, 0) is 46.5 Å². The van der Waals surface area contributed by atoms with Gasteiger partial charge < -0.3 is 10.6 Å². The lowest BCUT2D eigenvalue weighted by molar-refractivity contribution is 0.252. The molecule has 0 unspecified atom stereocenters. The minimum atomic E-state index is -0.245. The smallest absolute Gasteiger partial charge is 0.319 e. The van der Waals surface area contributed by atoms with Crippen LogP contribution in [0.2, 0.25) is 0 Å². The van der Waals surface area contributed by atoms with Crippen LogP contribution in [0.1, 0.15) is 11.1 Å². The van der Waals surface area contributed by atoms with Crippen LogP contribution >= 0.6 is 15.9 Å². The lowest BCUT2D eigenvalue weighted by Gasteiger charge is -2.07. The molecule has 0 spiro atoms. The molecule has 20 heavy (non-hydrogen) atoms. The van der Waals surface area contributed by atoms with Crippen LogP contribution < -0.4 is 10.6 Å². The molecule has 106 valence electrons. The summed E-state index contributed by atoms with van der Waals surface area (Å²) in [6.07, 6.45) is 6.09. The molecule has 0 aromatic carbocycles. The molecular weight excluding hydrogens is 322 g/mol. The second-order valence-corrected chi connectivity index (χ2v) is 5.19. The van der Waals surface area contributed by atoms with Crippen LogP contribution in [0.5, 0.6) is 0 Å². The van der Waals surface area contributed by atoms with Crippen LogP contribution in [0.15, 0.2) is 29.3 Å². The first-order valence-corrected chi connectivity index (χ1v) is 6.99.